The maximum Gasteiger partial charge on any atom is 0.240 e. The normalized spacial score (nSPS) is 27.3. The molecule has 2 saturated heterocycles. The van der Waals surface area contributed by atoms with Gasteiger partial charge in [-0.25, -0.2) is 4.90 Å². The lowest BCUT2D eigenvalue weighted by atomic mass is 9.86. The molecule has 3 aliphatic heterocycles. The maximum absolute atomic E-state index is 13.4. The molecule has 3 heterocycles. The number of rotatable bonds is 3. The SMILES string of the molecule is O=C(c1ccccc1)[C@@H]1[C@@H]2C(=O)N(c3ccc(Cl)cc3)C(=O)[C@@H]2C2C=CC=NN21. The predicted octanol–water partition coefficient (Wildman–Crippen LogP) is 2.94. The Kier molecular flexibility index (Phi) is 4.10. The summed E-state index contributed by atoms with van der Waals surface area (Å²) >= 11 is 5.95. The molecule has 2 aromatic carbocycles. The molecule has 0 spiro atoms. The summed E-state index contributed by atoms with van der Waals surface area (Å²) in [5.41, 5.74) is 0.950. The average molecular weight is 406 g/mol. The van der Waals surface area contributed by atoms with Crippen LogP contribution < -0.4 is 4.90 Å². The van der Waals surface area contributed by atoms with E-state index in [0.717, 1.165) is 0 Å². The summed E-state index contributed by atoms with van der Waals surface area (Å²) in [4.78, 5) is 41.2. The third-order valence-electron chi connectivity index (χ3n) is 5.70. The largest absolute Gasteiger partial charge is 0.292 e. The van der Waals surface area contributed by atoms with E-state index in [1.807, 2.05) is 12.1 Å². The van der Waals surface area contributed by atoms with E-state index >= 15 is 0 Å². The van der Waals surface area contributed by atoms with E-state index < -0.39 is 23.9 Å². The molecule has 4 atom stereocenters. The van der Waals surface area contributed by atoms with Crippen LogP contribution in [0.1, 0.15) is 10.4 Å². The number of hydrogen-bond donors (Lipinski definition) is 0. The standard InChI is InChI=1S/C22H16ClN3O3/c23-14-8-10-15(11-9-14)25-21(28)17-16-7-4-12-24-26(16)19(18(17)22(25)29)20(27)13-5-2-1-3-6-13/h1-12,16-19H/t16?,17-,18-,19+/m1/s1. The smallest absolute Gasteiger partial charge is 0.240 e. The number of allylic oxidation sites excluding steroid dienone is 1. The van der Waals surface area contributed by atoms with Crippen LogP contribution in [0.4, 0.5) is 5.69 Å². The molecule has 0 saturated carbocycles. The fourth-order valence-corrected chi connectivity index (χ4v) is 4.58. The van der Waals surface area contributed by atoms with Gasteiger partial charge in [0.1, 0.15) is 6.04 Å². The summed E-state index contributed by atoms with van der Waals surface area (Å²) in [6.07, 6.45) is 5.16. The molecule has 2 aromatic rings. The average Bonchev–Trinajstić information content (AvgIpc) is 3.22. The number of carbonyl (C=O) groups is 3. The quantitative estimate of drug-likeness (QED) is 0.581. The van der Waals surface area contributed by atoms with E-state index in [9.17, 15) is 14.4 Å². The number of carbonyl (C=O) groups excluding carboxylic acids is 3. The Morgan fingerprint density at radius 2 is 1.62 bits per heavy atom. The number of ketones is 1. The van der Waals surface area contributed by atoms with Crippen molar-refractivity contribution in [2.45, 2.75) is 12.1 Å². The number of imide groups is 1. The number of anilines is 1. The molecular weight excluding hydrogens is 390 g/mol. The third-order valence-corrected chi connectivity index (χ3v) is 5.95. The highest BCUT2D eigenvalue weighted by Gasteiger charge is 2.64. The van der Waals surface area contributed by atoms with E-state index in [1.54, 1.807) is 65.8 Å². The molecular formula is C22H16ClN3O3. The molecule has 0 radical (unpaired) electrons. The van der Waals surface area contributed by atoms with Gasteiger partial charge in [0.05, 0.1) is 23.6 Å². The van der Waals surface area contributed by atoms with Crippen LogP contribution in [0.2, 0.25) is 5.02 Å². The second kappa shape index (κ2) is 6.67. The van der Waals surface area contributed by atoms with Crippen molar-refractivity contribution in [3.63, 3.8) is 0 Å². The van der Waals surface area contributed by atoms with Gasteiger partial charge in [0.15, 0.2) is 5.78 Å². The number of Topliss-reactive ketones (excluding diaryl/α,β-unsaturated/α-hetero) is 1. The highest BCUT2D eigenvalue weighted by molar-refractivity contribution is 6.31. The summed E-state index contributed by atoms with van der Waals surface area (Å²) in [6.45, 7) is 0. The Balaban J connectivity index is 1.58. The second-order valence-corrected chi connectivity index (χ2v) is 7.67. The first kappa shape index (κ1) is 17.8. The molecule has 29 heavy (non-hydrogen) atoms. The predicted molar refractivity (Wildman–Crippen MR) is 109 cm³/mol. The van der Waals surface area contributed by atoms with E-state index in [-0.39, 0.29) is 17.6 Å². The molecule has 0 bridgehead atoms. The molecule has 2 amide bonds. The minimum absolute atomic E-state index is 0.213. The van der Waals surface area contributed by atoms with Gasteiger partial charge >= 0.3 is 0 Å². The van der Waals surface area contributed by atoms with Crippen molar-refractivity contribution >= 4 is 41.1 Å². The first-order valence-corrected chi connectivity index (χ1v) is 9.67. The molecule has 5 rings (SSSR count). The highest BCUT2D eigenvalue weighted by Crippen LogP contribution is 2.46. The molecule has 6 nitrogen and oxygen atoms in total. The van der Waals surface area contributed by atoms with Crippen LogP contribution in [0.3, 0.4) is 0 Å². The van der Waals surface area contributed by atoms with Crippen LogP contribution >= 0.6 is 11.6 Å². The monoisotopic (exact) mass is 405 g/mol. The molecule has 0 aromatic heterocycles. The number of fused-ring (bicyclic) bond motifs is 3. The Bertz CT molecular complexity index is 1060. The lowest BCUT2D eigenvalue weighted by Gasteiger charge is -2.30. The van der Waals surface area contributed by atoms with Crippen molar-refractivity contribution in [2.24, 2.45) is 16.9 Å². The van der Waals surface area contributed by atoms with Gasteiger partial charge in [-0.2, -0.15) is 5.10 Å². The zero-order valence-corrected chi connectivity index (χ0v) is 15.9. The maximum atomic E-state index is 13.4. The van der Waals surface area contributed by atoms with Gasteiger partial charge in [0, 0.05) is 16.8 Å². The minimum Gasteiger partial charge on any atom is -0.292 e. The van der Waals surface area contributed by atoms with Gasteiger partial charge in [-0.15, -0.1) is 0 Å². The molecule has 2 fully saturated rings. The van der Waals surface area contributed by atoms with Crippen LogP contribution in [0.15, 0.2) is 71.9 Å². The first-order valence-electron chi connectivity index (χ1n) is 9.29. The summed E-state index contributed by atoms with van der Waals surface area (Å²) in [5.74, 6) is -2.37. The number of benzene rings is 2. The summed E-state index contributed by atoms with van der Waals surface area (Å²) in [5, 5.41) is 6.47. The van der Waals surface area contributed by atoms with Crippen LogP contribution in [-0.4, -0.2) is 40.9 Å². The molecule has 0 N–H and O–H groups in total. The van der Waals surface area contributed by atoms with E-state index in [4.69, 9.17) is 11.6 Å². The fourth-order valence-electron chi connectivity index (χ4n) is 4.46. The molecule has 144 valence electrons. The second-order valence-electron chi connectivity index (χ2n) is 7.24. The minimum atomic E-state index is -0.831. The van der Waals surface area contributed by atoms with Crippen LogP contribution in [0, 0.1) is 11.8 Å². The van der Waals surface area contributed by atoms with E-state index in [0.29, 0.717) is 16.3 Å². The molecule has 3 aliphatic rings. The van der Waals surface area contributed by atoms with Crippen molar-refractivity contribution < 1.29 is 14.4 Å². The summed E-state index contributed by atoms with van der Waals surface area (Å²) in [6, 6.07) is 14.1. The van der Waals surface area contributed by atoms with Gasteiger partial charge in [0.2, 0.25) is 11.8 Å². The fraction of sp³-hybridized carbons (Fsp3) is 0.182. The zero-order valence-electron chi connectivity index (χ0n) is 15.2. The van der Waals surface area contributed by atoms with Crippen molar-refractivity contribution in [1.29, 1.82) is 0 Å². The lowest BCUT2D eigenvalue weighted by Crippen LogP contribution is -2.46. The highest BCUT2D eigenvalue weighted by atomic mass is 35.5. The Labute approximate surface area is 172 Å². The van der Waals surface area contributed by atoms with E-state index in [1.165, 1.54) is 4.90 Å². The molecule has 7 heteroatoms. The van der Waals surface area contributed by atoms with Crippen molar-refractivity contribution in [2.75, 3.05) is 4.90 Å². The number of halogens is 1. The third kappa shape index (κ3) is 2.63. The number of hydrazone groups is 1. The summed E-state index contributed by atoms with van der Waals surface area (Å²) in [7, 11) is 0. The zero-order chi connectivity index (χ0) is 20.1. The number of hydrogen-bond acceptors (Lipinski definition) is 5. The van der Waals surface area contributed by atoms with Gasteiger partial charge in [-0.1, -0.05) is 48.0 Å². The van der Waals surface area contributed by atoms with Gasteiger partial charge in [-0.05, 0) is 30.3 Å². The van der Waals surface area contributed by atoms with Crippen molar-refractivity contribution in [3.05, 3.63) is 77.3 Å². The van der Waals surface area contributed by atoms with Gasteiger partial charge in [-0.3, -0.25) is 19.4 Å². The van der Waals surface area contributed by atoms with Gasteiger partial charge < -0.3 is 0 Å². The van der Waals surface area contributed by atoms with Crippen molar-refractivity contribution in [3.8, 4) is 0 Å². The Hall–Kier alpha value is -3.25. The molecule has 0 aliphatic carbocycles. The van der Waals surface area contributed by atoms with Gasteiger partial charge in [0.25, 0.3) is 0 Å². The Morgan fingerprint density at radius 1 is 0.931 bits per heavy atom. The Morgan fingerprint density at radius 3 is 2.34 bits per heavy atom. The first-order chi connectivity index (χ1) is 14.1. The van der Waals surface area contributed by atoms with Crippen LogP contribution in [-0.2, 0) is 9.59 Å². The van der Waals surface area contributed by atoms with E-state index in [2.05, 4.69) is 5.10 Å². The molecule has 1 unspecified atom stereocenters. The summed E-state index contributed by atoms with van der Waals surface area (Å²) < 4.78 is 0. The topological polar surface area (TPSA) is 70.0 Å². The van der Waals surface area contributed by atoms with Crippen molar-refractivity contribution in [1.82, 2.24) is 5.01 Å². The number of nitrogens with zero attached hydrogens (tertiary/aromatic N) is 3. The van der Waals surface area contributed by atoms with Crippen LogP contribution in [0.25, 0.3) is 0 Å². The lowest BCUT2D eigenvalue weighted by molar-refractivity contribution is -0.123. The number of amides is 2. The van der Waals surface area contributed by atoms with Crippen LogP contribution in [0.5, 0.6) is 0 Å².